The maximum absolute atomic E-state index is 12.8. The van der Waals surface area contributed by atoms with Crippen LogP contribution in [0.2, 0.25) is 0 Å². The molecule has 2 aromatic heterocycles. The second-order valence-electron chi connectivity index (χ2n) is 7.74. The molecule has 1 saturated heterocycles. The summed E-state index contributed by atoms with van der Waals surface area (Å²) in [5.74, 6) is 2.68. The molecule has 1 aliphatic rings. The van der Waals surface area contributed by atoms with Crippen molar-refractivity contribution in [3.05, 3.63) is 76.1 Å². The molecule has 1 aliphatic heterocycles. The zero-order valence-electron chi connectivity index (χ0n) is 17.2. The number of hydrogen-bond acceptors (Lipinski definition) is 5. The molecule has 0 radical (unpaired) electrons. The lowest BCUT2D eigenvalue weighted by molar-refractivity contribution is 0.0948. The van der Waals surface area contributed by atoms with Crippen molar-refractivity contribution < 1.29 is 4.79 Å². The molecule has 0 bridgehead atoms. The molecule has 3 heterocycles. The average Bonchev–Trinajstić information content (AvgIpc) is 3.31. The second kappa shape index (κ2) is 10.1. The molecule has 0 aliphatic carbocycles. The first-order chi connectivity index (χ1) is 14.7. The van der Waals surface area contributed by atoms with Gasteiger partial charge in [0.2, 0.25) is 0 Å². The molecule has 6 heteroatoms. The molecule has 156 valence electrons. The fraction of sp³-hybridized carbons (Fsp3) is 0.333. The van der Waals surface area contributed by atoms with E-state index in [0.717, 1.165) is 46.6 Å². The number of aromatic nitrogens is 1. The maximum atomic E-state index is 12.8. The fourth-order valence-electron chi connectivity index (χ4n) is 3.55. The molecule has 1 N–H and O–H groups in total. The van der Waals surface area contributed by atoms with E-state index < -0.39 is 0 Å². The third-order valence-electron chi connectivity index (χ3n) is 5.45. The van der Waals surface area contributed by atoms with Crippen LogP contribution in [0.5, 0.6) is 0 Å². The number of carbonyl (C=O) groups excluding carboxylic acids is 1. The Labute approximate surface area is 186 Å². The summed E-state index contributed by atoms with van der Waals surface area (Å²) in [5, 5.41) is 5.13. The number of hydrogen-bond donors (Lipinski definition) is 1. The van der Waals surface area contributed by atoms with Gasteiger partial charge in [-0.3, -0.25) is 4.79 Å². The highest BCUT2D eigenvalue weighted by Gasteiger charge is 2.17. The van der Waals surface area contributed by atoms with Crippen molar-refractivity contribution >= 4 is 34.8 Å². The van der Waals surface area contributed by atoms with Gasteiger partial charge in [-0.2, -0.15) is 0 Å². The maximum Gasteiger partial charge on any atom is 0.252 e. The fourth-order valence-corrected chi connectivity index (χ4v) is 5.37. The van der Waals surface area contributed by atoms with E-state index in [1.165, 1.54) is 17.7 Å². The van der Waals surface area contributed by atoms with Gasteiger partial charge in [0.15, 0.2) is 0 Å². The monoisotopic (exact) mass is 437 g/mol. The number of benzene rings is 1. The minimum absolute atomic E-state index is 0.0432. The van der Waals surface area contributed by atoms with Crippen molar-refractivity contribution in [1.29, 1.82) is 0 Å². The number of nitrogens with zero attached hydrogens (tertiary/aromatic N) is 2. The number of thioether (sulfide) groups is 1. The van der Waals surface area contributed by atoms with E-state index in [1.807, 2.05) is 30.5 Å². The van der Waals surface area contributed by atoms with Crippen molar-refractivity contribution in [2.24, 2.45) is 5.92 Å². The predicted octanol–water partition coefficient (Wildman–Crippen LogP) is 5.60. The van der Waals surface area contributed by atoms with Gasteiger partial charge >= 0.3 is 0 Å². The van der Waals surface area contributed by atoms with E-state index >= 15 is 0 Å². The summed E-state index contributed by atoms with van der Waals surface area (Å²) in [5.41, 5.74) is 1.74. The minimum Gasteiger partial charge on any atom is -0.357 e. The van der Waals surface area contributed by atoms with Gasteiger partial charge in [-0.1, -0.05) is 31.2 Å². The van der Waals surface area contributed by atoms with E-state index in [9.17, 15) is 4.79 Å². The molecule has 30 heavy (non-hydrogen) atoms. The minimum atomic E-state index is -0.0432. The van der Waals surface area contributed by atoms with Gasteiger partial charge in [-0.05, 0) is 54.0 Å². The largest absolute Gasteiger partial charge is 0.357 e. The molecule has 0 spiro atoms. The highest BCUT2D eigenvalue weighted by molar-refractivity contribution is 7.98. The lowest BCUT2D eigenvalue weighted by Crippen LogP contribution is -2.33. The smallest absolute Gasteiger partial charge is 0.252 e. The van der Waals surface area contributed by atoms with E-state index in [2.05, 4.69) is 51.8 Å². The van der Waals surface area contributed by atoms with Gasteiger partial charge in [0.1, 0.15) is 5.82 Å². The van der Waals surface area contributed by atoms with Crippen LogP contribution in [0.3, 0.4) is 0 Å². The van der Waals surface area contributed by atoms with Crippen LogP contribution in [0.4, 0.5) is 5.82 Å². The number of carbonyl (C=O) groups is 1. The summed E-state index contributed by atoms with van der Waals surface area (Å²) >= 11 is 3.45. The molecule has 4 nitrogen and oxygen atoms in total. The molecule has 0 saturated carbocycles. The number of nitrogens with one attached hydrogen (secondary N) is 1. The van der Waals surface area contributed by atoms with Crippen molar-refractivity contribution in [2.75, 3.05) is 18.0 Å². The Balaban J connectivity index is 1.33. The number of amides is 1. The second-order valence-corrected chi connectivity index (χ2v) is 9.79. The van der Waals surface area contributed by atoms with Gasteiger partial charge < -0.3 is 10.2 Å². The Kier molecular flexibility index (Phi) is 7.07. The number of piperidine rings is 1. The molecule has 1 amide bonds. The van der Waals surface area contributed by atoms with Crippen LogP contribution in [-0.4, -0.2) is 24.0 Å². The number of thiophene rings is 1. The zero-order valence-corrected chi connectivity index (χ0v) is 18.8. The molecular formula is C24H27N3OS2. The highest BCUT2D eigenvalue weighted by atomic mass is 32.2. The Bertz CT molecular complexity index is 949. The summed E-state index contributed by atoms with van der Waals surface area (Å²) < 4.78 is 0. The van der Waals surface area contributed by atoms with E-state index in [-0.39, 0.29) is 5.91 Å². The van der Waals surface area contributed by atoms with Crippen LogP contribution in [0.25, 0.3) is 0 Å². The standard InChI is InChI=1S/C24H27N3OS2/c1-18-10-12-27(13-11-18)23-9-8-19(15-25-23)16-26-24(28)21-6-2-3-7-22(21)30-17-20-5-4-14-29-20/h2-9,14-15,18H,10-13,16-17H2,1H3,(H,26,28). The number of pyridine rings is 1. The third kappa shape index (κ3) is 5.43. The quantitative estimate of drug-likeness (QED) is 0.489. The van der Waals surface area contributed by atoms with Gasteiger partial charge in [-0.15, -0.1) is 23.1 Å². The Hall–Kier alpha value is -2.31. The molecule has 1 fully saturated rings. The Morgan fingerprint density at radius 2 is 2.00 bits per heavy atom. The van der Waals surface area contributed by atoms with Gasteiger partial charge in [0.05, 0.1) is 5.56 Å². The van der Waals surface area contributed by atoms with Crippen molar-refractivity contribution in [2.45, 2.75) is 37.0 Å². The molecule has 0 atom stereocenters. The predicted molar refractivity (Wildman–Crippen MR) is 126 cm³/mol. The molecule has 0 unspecified atom stereocenters. The number of anilines is 1. The van der Waals surface area contributed by atoms with Crippen molar-refractivity contribution in [1.82, 2.24) is 10.3 Å². The molecule has 1 aromatic carbocycles. The summed E-state index contributed by atoms with van der Waals surface area (Å²) in [6.45, 7) is 4.94. The van der Waals surface area contributed by atoms with Gasteiger partial charge in [0.25, 0.3) is 5.91 Å². The SMILES string of the molecule is CC1CCN(c2ccc(CNC(=O)c3ccccc3SCc3cccs3)cn2)CC1. The van der Waals surface area contributed by atoms with Crippen LogP contribution < -0.4 is 10.2 Å². The van der Waals surface area contributed by atoms with E-state index in [1.54, 1.807) is 23.1 Å². The van der Waals surface area contributed by atoms with Crippen molar-refractivity contribution in [3.63, 3.8) is 0 Å². The first kappa shape index (κ1) is 20.9. The lowest BCUT2D eigenvalue weighted by atomic mass is 9.99. The van der Waals surface area contributed by atoms with Crippen LogP contribution in [0.1, 0.15) is 40.6 Å². The summed E-state index contributed by atoms with van der Waals surface area (Å²) in [7, 11) is 0. The summed E-state index contributed by atoms with van der Waals surface area (Å²) in [6.07, 6.45) is 4.33. The highest BCUT2D eigenvalue weighted by Crippen LogP contribution is 2.28. The van der Waals surface area contributed by atoms with Crippen LogP contribution in [-0.2, 0) is 12.3 Å². The van der Waals surface area contributed by atoms with Crippen molar-refractivity contribution in [3.8, 4) is 0 Å². The first-order valence-electron chi connectivity index (χ1n) is 10.4. The third-order valence-corrected chi connectivity index (χ3v) is 7.63. The molecular weight excluding hydrogens is 410 g/mol. The van der Waals surface area contributed by atoms with Crippen LogP contribution in [0, 0.1) is 5.92 Å². The average molecular weight is 438 g/mol. The Morgan fingerprint density at radius 1 is 1.17 bits per heavy atom. The normalized spacial score (nSPS) is 14.6. The molecule has 4 rings (SSSR count). The lowest BCUT2D eigenvalue weighted by Gasteiger charge is -2.31. The Morgan fingerprint density at radius 3 is 2.73 bits per heavy atom. The van der Waals surface area contributed by atoms with Gasteiger partial charge in [0, 0.05) is 41.4 Å². The van der Waals surface area contributed by atoms with E-state index in [0.29, 0.717) is 6.54 Å². The first-order valence-corrected chi connectivity index (χ1v) is 12.3. The van der Waals surface area contributed by atoms with Gasteiger partial charge in [-0.25, -0.2) is 4.98 Å². The van der Waals surface area contributed by atoms with Crippen LogP contribution >= 0.6 is 23.1 Å². The molecule has 3 aromatic rings. The summed E-state index contributed by atoms with van der Waals surface area (Å²) in [4.78, 5) is 22.1. The van der Waals surface area contributed by atoms with Crippen LogP contribution in [0.15, 0.2) is 65.0 Å². The zero-order chi connectivity index (χ0) is 20.8. The topological polar surface area (TPSA) is 45.2 Å². The number of rotatable bonds is 7. The summed E-state index contributed by atoms with van der Waals surface area (Å²) in [6, 6.07) is 16.1. The van der Waals surface area contributed by atoms with E-state index in [4.69, 9.17) is 0 Å².